The Balaban J connectivity index is 1.73. The number of aliphatic hydroxyl groups is 1. The maximum Gasteiger partial charge on any atom is 0.0864 e. The average molecular weight is 528 g/mol. The maximum atomic E-state index is 9.77. The minimum atomic E-state index is 0.787. The molecule has 0 unspecified atom stereocenters. The number of benzene rings is 1. The second-order valence-electron chi connectivity index (χ2n) is 10.9. The zero-order chi connectivity index (χ0) is 28.1. The molecule has 0 radical (unpaired) electrons. The lowest BCUT2D eigenvalue weighted by atomic mass is 9.99. The molecule has 4 aliphatic rings. The molecule has 0 saturated carbocycles. The summed E-state index contributed by atoms with van der Waals surface area (Å²) in [6, 6.07) is 6.12. The van der Waals surface area contributed by atoms with E-state index in [1.165, 1.54) is 39.7 Å². The summed E-state index contributed by atoms with van der Waals surface area (Å²) in [7, 11) is 0. The number of hydrogen-bond acceptors (Lipinski definition) is 3. The van der Waals surface area contributed by atoms with Crippen molar-refractivity contribution < 1.29 is 5.11 Å². The minimum Gasteiger partial charge on any atom is -0.515 e. The highest BCUT2D eigenvalue weighted by Gasteiger charge is 2.23. The topological polar surface area (TPSA) is 60.7 Å². The second-order valence-corrected chi connectivity index (χ2v) is 10.9. The van der Waals surface area contributed by atoms with Crippen LogP contribution in [0.2, 0.25) is 0 Å². The second kappa shape index (κ2) is 10.1. The Hall–Kier alpha value is -4.18. The van der Waals surface area contributed by atoms with Gasteiger partial charge in [-0.2, -0.15) is 0 Å². The van der Waals surface area contributed by atoms with Crippen LogP contribution in [0, 0.1) is 0 Å². The molecule has 0 spiro atoms. The van der Waals surface area contributed by atoms with Crippen molar-refractivity contribution in [2.45, 2.75) is 67.2 Å². The van der Waals surface area contributed by atoms with Crippen molar-refractivity contribution in [1.29, 1.82) is 0 Å². The van der Waals surface area contributed by atoms with Crippen molar-refractivity contribution >= 4 is 41.0 Å². The number of allylic oxidation sites excluding steroid dienone is 8. The molecular weight excluding hydrogens is 490 g/mol. The van der Waals surface area contributed by atoms with E-state index in [0.717, 1.165) is 86.3 Å². The standard InChI is InChI=1S/C36H37N3O/c1-7-25-20(5)31-15-23-14-24(30-13-22(19-40)11-12-29(23)30)16-32-21(6)26(8-2)34(38-32)18-36-28(10-4)27(9-3)35(39-36)17-33(25)37-31/h11-19,39-40H,7-10H2,1-6H3/b22-19+,31-15?,32-16?,35-17?,36-18?. The van der Waals surface area contributed by atoms with Gasteiger partial charge in [-0.1, -0.05) is 39.8 Å². The van der Waals surface area contributed by atoms with E-state index in [1.807, 2.05) is 6.07 Å². The molecule has 0 atom stereocenters. The van der Waals surface area contributed by atoms with E-state index in [-0.39, 0.29) is 0 Å². The van der Waals surface area contributed by atoms with Crippen LogP contribution in [0.4, 0.5) is 0 Å². The molecule has 4 heteroatoms. The van der Waals surface area contributed by atoms with Crippen LogP contribution in [-0.4, -0.2) is 21.5 Å². The summed E-state index contributed by atoms with van der Waals surface area (Å²) >= 11 is 0. The van der Waals surface area contributed by atoms with Crippen LogP contribution in [0.15, 0.2) is 80.1 Å². The molecular formula is C36H37N3O. The van der Waals surface area contributed by atoms with Crippen LogP contribution >= 0.6 is 0 Å². The highest BCUT2D eigenvalue weighted by Crippen LogP contribution is 2.34. The number of aromatic amines is 1. The fraction of sp³-hybridized carbons (Fsp3) is 0.278. The molecule has 1 aromatic carbocycles. The first-order chi connectivity index (χ1) is 19.4. The Morgan fingerprint density at radius 3 is 1.82 bits per heavy atom. The smallest absolute Gasteiger partial charge is 0.0864 e. The molecule has 1 aliphatic carbocycles. The third-order valence-electron chi connectivity index (χ3n) is 8.74. The first kappa shape index (κ1) is 26.1. The highest BCUT2D eigenvalue weighted by molar-refractivity contribution is 6.24. The van der Waals surface area contributed by atoms with E-state index in [4.69, 9.17) is 9.98 Å². The first-order valence-corrected chi connectivity index (χ1v) is 14.6. The van der Waals surface area contributed by atoms with Gasteiger partial charge in [-0.3, -0.25) is 0 Å². The lowest BCUT2D eigenvalue weighted by Gasteiger charge is -2.03. The van der Waals surface area contributed by atoms with Crippen molar-refractivity contribution in [2.24, 2.45) is 9.98 Å². The predicted molar refractivity (Wildman–Crippen MR) is 169 cm³/mol. The number of nitrogens with one attached hydrogen (secondary N) is 1. The van der Waals surface area contributed by atoms with Gasteiger partial charge in [-0.25, -0.2) is 9.98 Å². The van der Waals surface area contributed by atoms with Gasteiger partial charge in [0.05, 0.1) is 29.1 Å². The van der Waals surface area contributed by atoms with Crippen LogP contribution in [0.1, 0.15) is 71.1 Å². The Morgan fingerprint density at radius 1 is 0.725 bits per heavy atom. The molecule has 0 saturated heterocycles. The molecule has 8 bridgehead atoms. The highest BCUT2D eigenvalue weighted by atomic mass is 16.2. The van der Waals surface area contributed by atoms with Gasteiger partial charge in [0.15, 0.2) is 0 Å². The normalized spacial score (nSPS) is 18.3. The van der Waals surface area contributed by atoms with Crippen LogP contribution in [0.3, 0.4) is 0 Å². The fourth-order valence-electron chi connectivity index (χ4n) is 6.61. The summed E-state index contributed by atoms with van der Waals surface area (Å²) in [6.45, 7) is 13.3. The number of aliphatic hydroxyl groups excluding tert-OH is 1. The van der Waals surface area contributed by atoms with Gasteiger partial charge in [0.25, 0.3) is 0 Å². The fourth-order valence-corrected chi connectivity index (χ4v) is 6.61. The average Bonchev–Trinajstić information content (AvgIpc) is 3.65. The number of aromatic nitrogens is 1. The molecule has 202 valence electrons. The quantitative estimate of drug-likeness (QED) is 0.551. The number of fused-ring (bicyclic) bond motifs is 7. The Kier molecular flexibility index (Phi) is 6.58. The largest absolute Gasteiger partial charge is 0.515 e. The molecule has 2 N–H and O–H groups in total. The van der Waals surface area contributed by atoms with E-state index in [2.05, 4.69) is 89.0 Å². The number of hydrogen-bond donors (Lipinski definition) is 2. The van der Waals surface area contributed by atoms with Crippen molar-refractivity contribution in [3.05, 3.63) is 108 Å². The van der Waals surface area contributed by atoms with Crippen LogP contribution in [0.5, 0.6) is 0 Å². The SMILES string of the molecule is CCC1=C(C)C2=CC3=CC(=c4cc/c(=C\O)cc43)C=C3N=C(C=c4[nH]c(c(CC)c4CC)=CC1=N2)C(CC)=C3C. The lowest BCUT2D eigenvalue weighted by Crippen LogP contribution is -2.16. The molecule has 40 heavy (non-hydrogen) atoms. The zero-order valence-corrected chi connectivity index (χ0v) is 24.4. The molecule has 1 aromatic heterocycles. The van der Waals surface area contributed by atoms with Crippen LogP contribution in [-0.2, 0) is 12.8 Å². The Bertz CT molecular complexity index is 1950. The zero-order valence-electron chi connectivity index (χ0n) is 24.4. The van der Waals surface area contributed by atoms with Gasteiger partial charge in [0, 0.05) is 15.9 Å². The van der Waals surface area contributed by atoms with Crippen molar-refractivity contribution in [3.8, 4) is 0 Å². The summed E-state index contributed by atoms with van der Waals surface area (Å²) in [4.78, 5) is 14.2. The number of H-pyrrole nitrogens is 1. The lowest BCUT2D eigenvalue weighted by molar-refractivity contribution is 0.540. The number of aliphatic imine (C=N–C) groups is 2. The van der Waals surface area contributed by atoms with Crippen LogP contribution < -0.4 is 21.1 Å². The van der Waals surface area contributed by atoms with Gasteiger partial charge < -0.3 is 10.1 Å². The van der Waals surface area contributed by atoms with Gasteiger partial charge in [0.2, 0.25) is 0 Å². The summed E-state index contributed by atoms with van der Waals surface area (Å²) in [5, 5.41) is 14.0. The molecule has 4 heterocycles. The monoisotopic (exact) mass is 527 g/mol. The third-order valence-corrected chi connectivity index (χ3v) is 8.74. The summed E-state index contributed by atoms with van der Waals surface area (Å²) < 4.78 is 0. The van der Waals surface area contributed by atoms with Crippen molar-refractivity contribution in [1.82, 2.24) is 4.98 Å². The Labute approximate surface area is 236 Å². The van der Waals surface area contributed by atoms with E-state index >= 15 is 0 Å². The van der Waals surface area contributed by atoms with Gasteiger partial charge in [0.1, 0.15) is 0 Å². The predicted octanol–water partition coefficient (Wildman–Crippen LogP) is 5.39. The molecule has 0 fully saturated rings. The summed E-state index contributed by atoms with van der Waals surface area (Å²) in [6.07, 6.45) is 16.1. The van der Waals surface area contributed by atoms with Gasteiger partial charge in [-0.05, 0) is 131 Å². The maximum absolute atomic E-state index is 9.77. The molecule has 0 amide bonds. The van der Waals surface area contributed by atoms with E-state index in [0.29, 0.717) is 0 Å². The van der Waals surface area contributed by atoms with Crippen molar-refractivity contribution in [3.63, 3.8) is 0 Å². The van der Waals surface area contributed by atoms with Gasteiger partial charge in [-0.15, -0.1) is 0 Å². The molecule has 4 nitrogen and oxygen atoms in total. The summed E-state index contributed by atoms with van der Waals surface area (Å²) in [5.41, 5.74) is 15.2. The molecule has 3 aliphatic heterocycles. The minimum absolute atomic E-state index is 0.787. The first-order valence-electron chi connectivity index (χ1n) is 14.6. The van der Waals surface area contributed by atoms with E-state index in [9.17, 15) is 5.11 Å². The third kappa shape index (κ3) is 4.05. The van der Waals surface area contributed by atoms with E-state index in [1.54, 1.807) is 0 Å². The number of nitrogens with zero attached hydrogens (tertiary/aromatic N) is 2. The van der Waals surface area contributed by atoms with E-state index < -0.39 is 0 Å². The molecule has 2 aromatic rings. The Morgan fingerprint density at radius 2 is 1.30 bits per heavy atom. The molecule has 6 rings (SSSR count). The summed E-state index contributed by atoms with van der Waals surface area (Å²) in [5.74, 6) is 0. The van der Waals surface area contributed by atoms with Crippen LogP contribution in [0.25, 0.3) is 29.6 Å². The number of rotatable bonds is 4. The van der Waals surface area contributed by atoms with Gasteiger partial charge >= 0.3 is 0 Å². The van der Waals surface area contributed by atoms with Crippen molar-refractivity contribution in [2.75, 3.05) is 0 Å².